The fraction of sp³-hybridized carbons (Fsp3) is 0. The number of fused-ring (bicyclic) bond motifs is 2. The zero-order valence-electron chi connectivity index (χ0n) is 11.5. The Balaban J connectivity index is 2.08. The van der Waals surface area contributed by atoms with Gasteiger partial charge >= 0.3 is 6.97 Å². The van der Waals surface area contributed by atoms with Gasteiger partial charge < -0.3 is 17.6 Å². The third kappa shape index (κ3) is 1.91. The minimum atomic E-state index is -4.05. The van der Waals surface area contributed by atoms with Crippen LogP contribution in [0.25, 0.3) is 5.57 Å². The van der Waals surface area contributed by atoms with E-state index in [1.54, 1.807) is 0 Å². The number of benzene rings is 1. The van der Waals surface area contributed by atoms with Crippen LogP contribution in [-0.2, 0) is 0 Å². The van der Waals surface area contributed by atoms with Gasteiger partial charge in [0.1, 0.15) is 17.8 Å². The van der Waals surface area contributed by atoms with Crippen LogP contribution in [0.5, 0.6) is 0 Å². The molecule has 0 fully saturated rings. The predicted molar refractivity (Wildman–Crippen MR) is 83.3 cm³/mol. The van der Waals surface area contributed by atoms with E-state index >= 15 is 0 Å². The highest BCUT2D eigenvalue weighted by atomic mass is 79.9. The largest absolute Gasteiger partial charge is 0.737 e. The smallest absolute Gasteiger partial charge is 0.396 e. The number of hydrogen-bond donors (Lipinski definition) is 0. The molecule has 2 aromatic rings. The lowest BCUT2D eigenvalue weighted by molar-refractivity contribution is -0.356. The van der Waals surface area contributed by atoms with Gasteiger partial charge in [-0.15, -0.1) is 0 Å². The van der Waals surface area contributed by atoms with E-state index in [-0.39, 0.29) is 27.0 Å². The maximum atomic E-state index is 14.6. The summed E-state index contributed by atoms with van der Waals surface area (Å²) in [6.45, 7) is -4.05. The summed E-state index contributed by atoms with van der Waals surface area (Å²) in [5.41, 5.74) is 0.484. The molecule has 0 bridgehead atoms. The van der Waals surface area contributed by atoms with Crippen LogP contribution in [0.2, 0.25) is 0 Å². The fourth-order valence-corrected chi connectivity index (χ4v) is 3.32. The van der Waals surface area contributed by atoms with Crippen LogP contribution < -0.4 is 0 Å². The minimum absolute atomic E-state index is 0.0181. The van der Waals surface area contributed by atoms with Crippen LogP contribution >= 0.6 is 15.9 Å². The summed E-state index contributed by atoms with van der Waals surface area (Å²) in [6, 6.07) is 4.95. The maximum Gasteiger partial charge on any atom is 0.737 e. The molecule has 0 aliphatic carbocycles. The van der Waals surface area contributed by atoms with Gasteiger partial charge in [0.15, 0.2) is 5.70 Å². The van der Waals surface area contributed by atoms with E-state index < -0.39 is 18.6 Å². The molecular weight excluding hydrogens is 375 g/mol. The first-order valence-electron chi connectivity index (χ1n) is 6.80. The lowest BCUT2D eigenvalue weighted by atomic mass is 9.86. The van der Waals surface area contributed by atoms with Crippen molar-refractivity contribution in [3.8, 4) is 0 Å². The standard InChI is InChI=1S/C15H8BBrF4N2/c17-10-8-11(18)9(7-12(10)19)15-13-3-1-5-22(13)16(20,21)23-6-2-4-14(15)23/h1-8H. The van der Waals surface area contributed by atoms with E-state index in [2.05, 4.69) is 15.9 Å². The second-order valence-corrected chi connectivity index (χ2v) is 6.17. The zero-order valence-corrected chi connectivity index (χ0v) is 13.1. The van der Waals surface area contributed by atoms with E-state index in [9.17, 15) is 17.4 Å². The highest BCUT2D eigenvalue weighted by molar-refractivity contribution is 9.10. The molecule has 0 spiro atoms. The summed E-state index contributed by atoms with van der Waals surface area (Å²) in [5.74, 6) is -1.35. The number of nitrogens with zero attached hydrogens (tertiary/aromatic N) is 2. The summed E-state index contributed by atoms with van der Waals surface area (Å²) in [5, 5.41) is 0. The van der Waals surface area contributed by atoms with E-state index in [4.69, 9.17) is 0 Å². The van der Waals surface area contributed by atoms with Gasteiger partial charge in [0.05, 0.1) is 10.0 Å². The second-order valence-electron chi connectivity index (χ2n) is 5.31. The van der Waals surface area contributed by atoms with Crippen molar-refractivity contribution in [1.82, 2.24) is 4.48 Å². The first-order chi connectivity index (χ1) is 10.9. The Kier molecular flexibility index (Phi) is 2.97. The topological polar surface area (TPSA) is 7.94 Å². The van der Waals surface area contributed by atoms with Crippen molar-refractivity contribution in [2.75, 3.05) is 0 Å². The molecule has 1 aromatic heterocycles. The van der Waals surface area contributed by atoms with E-state index in [0.717, 1.165) is 21.1 Å². The average molecular weight is 383 g/mol. The monoisotopic (exact) mass is 382 g/mol. The molecule has 0 N–H and O–H groups in total. The molecule has 0 unspecified atom stereocenters. The highest BCUT2D eigenvalue weighted by Crippen LogP contribution is 2.39. The third-order valence-electron chi connectivity index (χ3n) is 4.02. The summed E-state index contributed by atoms with van der Waals surface area (Å²) in [6.07, 6.45) is 5.42. The summed E-state index contributed by atoms with van der Waals surface area (Å²) < 4.78 is 59.1. The maximum absolute atomic E-state index is 14.6. The Morgan fingerprint density at radius 1 is 1.13 bits per heavy atom. The second kappa shape index (κ2) is 4.70. The van der Waals surface area contributed by atoms with E-state index in [1.165, 1.54) is 36.7 Å². The van der Waals surface area contributed by atoms with Crippen molar-refractivity contribution in [1.29, 1.82) is 0 Å². The Hall–Kier alpha value is -2.09. The summed E-state index contributed by atoms with van der Waals surface area (Å²) >= 11 is 2.92. The number of allylic oxidation sites excluding steroid dienone is 2. The normalized spacial score (nSPS) is 18.0. The average Bonchev–Trinajstić information content (AvgIpc) is 3.14. The third-order valence-corrected chi connectivity index (χ3v) is 4.63. The van der Waals surface area contributed by atoms with Gasteiger partial charge in [0.25, 0.3) is 0 Å². The number of hydrogen-bond acceptors (Lipinski definition) is 0. The van der Waals surface area contributed by atoms with Gasteiger partial charge in [-0.3, -0.25) is 0 Å². The van der Waals surface area contributed by atoms with Crippen LogP contribution in [0, 0.1) is 11.6 Å². The number of rotatable bonds is 1. The number of halogens is 5. The quantitative estimate of drug-likeness (QED) is 0.397. The van der Waals surface area contributed by atoms with Crippen LogP contribution in [-0.4, -0.2) is 22.1 Å². The van der Waals surface area contributed by atoms with Crippen molar-refractivity contribution in [2.24, 2.45) is 0 Å². The molecule has 0 saturated carbocycles. The highest BCUT2D eigenvalue weighted by Gasteiger charge is 2.51. The van der Waals surface area contributed by atoms with Gasteiger partial charge in [0.2, 0.25) is 0 Å². The van der Waals surface area contributed by atoms with Crippen molar-refractivity contribution >= 4 is 34.7 Å². The molecular formula is C15H8BBrF4N2. The molecule has 3 heterocycles. The number of aromatic nitrogens is 1. The van der Waals surface area contributed by atoms with Gasteiger partial charge in [-0.05, 0) is 46.4 Å². The molecule has 0 atom stereocenters. The van der Waals surface area contributed by atoms with Gasteiger partial charge in [-0.1, -0.05) is 0 Å². The predicted octanol–water partition coefficient (Wildman–Crippen LogP) is 4.18. The molecule has 0 radical (unpaired) electrons. The van der Waals surface area contributed by atoms with Crippen molar-refractivity contribution in [3.63, 3.8) is 0 Å². The van der Waals surface area contributed by atoms with Crippen molar-refractivity contribution < 1.29 is 21.9 Å². The van der Waals surface area contributed by atoms with Gasteiger partial charge in [-0.2, -0.15) is 0 Å². The van der Waals surface area contributed by atoms with Crippen molar-refractivity contribution in [2.45, 2.75) is 0 Å². The van der Waals surface area contributed by atoms with Crippen LogP contribution in [0.3, 0.4) is 0 Å². The molecule has 23 heavy (non-hydrogen) atoms. The molecule has 2 nitrogen and oxygen atoms in total. The first kappa shape index (κ1) is 14.5. The molecule has 0 amide bonds. The Labute approximate surface area is 137 Å². The Bertz CT molecular complexity index is 943. The molecule has 116 valence electrons. The first-order valence-corrected chi connectivity index (χ1v) is 7.59. The zero-order chi connectivity index (χ0) is 16.4. The molecule has 0 saturated heterocycles. The van der Waals surface area contributed by atoms with Crippen molar-refractivity contribution in [3.05, 3.63) is 75.7 Å². The van der Waals surface area contributed by atoms with Crippen LogP contribution in [0.1, 0.15) is 11.3 Å². The minimum Gasteiger partial charge on any atom is -0.396 e. The molecule has 8 heteroatoms. The fourth-order valence-electron chi connectivity index (χ4n) is 3.01. The van der Waals surface area contributed by atoms with Gasteiger partial charge in [-0.25, -0.2) is 8.78 Å². The Morgan fingerprint density at radius 3 is 2.70 bits per heavy atom. The summed E-state index contributed by atoms with van der Waals surface area (Å²) in [4.78, 5) is 0. The Morgan fingerprint density at radius 2 is 1.91 bits per heavy atom. The lowest BCUT2D eigenvalue weighted by Gasteiger charge is -2.31. The van der Waals surface area contributed by atoms with Gasteiger partial charge in [0, 0.05) is 23.4 Å². The SMILES string of the molecule is Fc1cc(C2=C3C=CC=[N+]3[B-](F)(F)n3cccc32)c(F)cc1Br. The van der Waals surface area contributed by atoms with E-state index in [1.807, 2.05) is 0 Å². The van der Waals surface area contributed by atoms with Crippen LogP contribution in [0.15, 0.2) is 52.8 Å². The molecule has 2 aliphatic rings. The molecule has 4 rings (SSSR count). The molecule has 1 aromatic carbocycles. The lowest BCUT2D eigenvalue weighted by Crippen LogP contribution is -2.49. The van der Waals surface area contributed by atoms with E-state index in [0.29, 0.717) is 0 Å². The summed E-state index contributed by atoms with van der Waals surface area (Å²) in [7, 11) is 0. The van der Waals surface area contributed by atoms with Crippen LogP contribution in [0.4, 0.5) is 17.4 Å². The molecule has 2 aliphatic heterocycles.